The summed E-state index contributed by atoms with van der Waals surface area (Å²) in [5.41, 5.74) is 2.13. The average molecular weight is 552 g/mol. The number of urea groups is 1. The van der Waals surface area contributed by atoms with E-state index < -0.39 is 23.8 Å². The minimum Gasteiger partial charge on any atom is -0.494 e. The summed E-state index contributed by atoms with van der Waals surface area (Å²) in [5, 5.41) is 12.0. The number of amides is 4. The predicted octanol–water partition coefficient (Wildman–Crippen LogP) is 4.91. The third-order valence-electron chi connectivity index (χ3n) is 6.09. The Labute approximate surface area is 229 Å². The summed E-state index contributed by atoms with van der Waals surface area (Å²) < 4.78 is 12.9. The van der Waals surface area contributed by atoms with Crippen molar-refractivity contribution in [1.82, 2.24) is 9.88 Å². The van der Waals surface area contributed by atoms with E-state index in [0.717, 1.165) is 4.90 Å². The number of carboxylic acid groups (broad SMARTS) is 1. The van der Waals surface area contributed by atoms with Crippen molar-refractivity contribution in [3.05, 3.63) is 75.6 Å². The number of carboxylic acids is 1. The first kappa shape index (κ1) is 27.5. The van der Waals surface area contributed by atoms with Crippen LogP contribution in [0.1, 0.15) is 41.2 Å². The summed E-state index contributed by atoms with van der Waals surface area (Å²) >= 11 is 6.39. The molecular weight excluding hydrogens is 526 g/mol. The number of aryl methyl sites for hydroxylation is 1. The number of aromatic nitrogens is 1. The van der Waals surface area contributed by atoms with Crippen LogP contribution in [0.3, 0.4) is 0 Å². The van der Waals surface area contributed by atoms with Crippen LogP contribution in [-0.4, -0.2) is 46.7 Å². The van der Waals surface area contributed by atoms with Crippen molar-refractivity contribution in [3.63, 3.8) is 0 Å². The molecular formula is C28H26ClN3O7. The van der Waals surface area contributed by atoms with Gasteiger partial charge in [-0.1, -0.05) is 11.6 Å². The lowest BCUT2D eigenvalue weighted by Gasteiger charge is -2.28. The number of rotatable bonds is 8. The standard InChI is InChI=1S/C28H26ClN3O7/c1-5-38-19-8-10-24(39-6-2)23(14-19)32-26(34)20(25(33)30-28(32)37)12-18-11-15(3)31(16(18)4)22-13-17(27(35)36)7-9-21(22)29/h7-14H,5-6H2,1-4H3,(H,35,36)(H,30,33,37)/b20-12+. The minimum absolute atomic E-state index is 0.0529. The summed E-state index contributed by atoms with van der Waals surface area (Å²) in [6.45, 7) is 7.74. The van der Waals surface area contributed by atoms with Gasteiger partial charge in [0, 0.05) is 17.5 Å². The summed E-state index contributed by atoms with van der Waals surface area (Å²) in [6, 6.07) is 9.90. The van der Waals surface area contributed by atoms with Gasteiger partial charge < -0.3 is 19.1 Å². The van der Waals surface area contributed by atoms with Crippen LogP contribution in [0.5, 0.6) is 11.5 Å². The molecule has 0 unspecified atom stereocenters. The number of imide groups is 2. The number of carbonyl (C=O) groups excluding carboxylic acids is 3. The van der Waals surface area contributed by atoms with Gasteiger partial charge in [0.15, 0.2) is 0 Å². The smallest absolute Gasteiger partial charge is 0.336 e. The molecule has 1 aliphatic heterocycles. The maximum atomic E-state index is 13.6. The van der Waals surface area contributed by atoms with Crippen molar-refractivity contribution in [3.8, 4) is 17.2 Å². The van der Waals surface area contributed by atoms with E-state index in [-0.39, 0.29) is 29.2 Å². The molecule has 0 aliphatic carbocycles. The number of nitrogens with one attached hydrogen (secondary N) is 1. The fraction of sp³-hybridized carbons (Fsp3) is 0.214. The molecule has 10 nitrogen and oxygen atoms in total. The number of hydrogen-bond donors (Lipinski definition) is 2. The fourth-order valence-electron chi connectivity index (χ4n) is 4.36. The van der Waals surface area contributed by atoms with Crippen molar-refractivity contribution in [2.24, 2.45) is 0 Å². The molecule has 0 saturated carbocycles. The van der Waals surface area contributed by atoms with Gasteiger partial charge in [0.2, 0.25) is 0 Å². The van der Waals surface area contributed by atoms with Crippen molar-refractivity contribution in [2.45, 2.75) is 27.7 Å². The van der Waals surface area contributed by atoms with Gasteiger partial charge in [-0.05, 0) is 75.7 Å². The monoisotopic (exact) mass is 551 g/mol. The van der Waals surface area contributed by atoms with Crippen molar-refractivity contribution < 1.29 is 33.8 Å². The normalized spacial score (nSPS) is 14.5. The SMILES string of the molecule is CCOc1ccc(OCC)c(N2C(=O)NC(=O)/C(=C\c3cc(C)n(-c4cc(C(=O)O)ccc4Cl)c3C)C2=O)c1. The second kappa shape index (κ2) is 11.0. The van der Waals surface area contributed by atoms with Crippen LogP contribution in [-0.2, 0) is 9.59 Å². The van der Waals surface area contributed by atoms with Gasteiger partial charge in [-0.25, -0.2) is 14.5 Å². The highest BCUT2D eigenvalue weighted by molar-refractivity contribution is 6.39. The molecule has 0 radical (unpaired) electrons. The number of nitrogens with zero attached hydrogens (tertiary/aromatic N) is 2. The molecule has 1 fully saturated rings. The predicted molar refractivity (Wildman–Crippen MR) is 145 cm³/mol. The first-order valence-corrected chi connectivity index (χ1v) is 12.5. The van der Waals surface area contributed by atoms with Crippen LogP contribution in [0.15, 0.2) is 48.0 Å². The molecule has 0 bridgehead atoms. The van der Waals surface area contributed by atoms with E-state index in [9.17, 15) is 24.3 Å². The van der Waals surface area contributed by atoms with Crippen LogP contribution in [0.4, 0.5) is 10.5 Å². The van der Waals surface area contributed by atoms with E-state index in [1.54, 1.807) is 50.5 Å². The molecule has 2 heterocycles. The molecule has 1 saturated heterocycles. The van der Waals surface area contributed by atoms with E-state index in [0.29, 0.717) is 40.0 Å². The molecule has 39 heavy (non-hydrogen) atoms. The van der Waals surface area contributed by atoms with Crippen LogP contribution in [0.25, 0.3) is 11.8 Å². The third-order valence-corrected chi connectivity index (χ3v) is 6.41. The van der Waals surface area contributed by atoms with E-state index >= 15 is 0 Å². The van der Waals surface area contributed by atoms with Crippen LogP contribution >= 0.6 is 11.6 Å². The highest BCUT2D eigenvalue weighted by Gasteiger charge is 2.38. The van der Waals surface area contributed by atoms with Crippen molar-refractivity contribution in [2.75, 3.05) is 18.1 Å². The maximum absolute atomic E-state index is 13.6. The molecule has 1 aromatic heterocycles. The number of hydrogen-bond acceptors (Lipinski definition) is 6. The zero-order valence-corrected chi connectivity index (χ0v) is 22.5. The number of ether oxygens (including phenoxy) is 2. The molecule has 202 valence electrons. The van der Waals surface area contributed by atoms with E-state index in [1.165, 1.54) is 30.3 Å². The molecule has 2 N–H and O–H groups in total. The molecule has 4 rings (SSSR count). The third kappa shape index (κ3) is 5.23. The first-order chi connectivity index (χ1) is 18.6. The summed E-state index contributed by atoms with van der Waals surface area (Å²) in [7, 11) is 0. The molecule has 3 aromatic rings. The fourth-order valence-corrected chi connectivity index (χ4v) is 4.56. The zero-order chi connectivity index (χ0) is 28.4. The quantitative estimate of drug-likeness (QED) is 0.301. The molecule has 0 spiro atoms. The van der Waals surface area contributed by atoms with Gasteiger partial charge in [0.1, 0.15) is 17.1 Å². The second-order valence-electron chi connectivity index (χ2n) is 8.59. The highest BCUT2D eigenvalue weighted by Crippen LogP contribution is 2.35. The lowest BCUT2D eigenvalue weighted by molar-refractivity contribution is -0.122. The number of barbiturate groups is 1. The van der Waals surface area contributed by atoms with Gasteiger partial charge in [0.25, 0.3) is 11.8 Å². The Bertz CT molecular complexity index is 1540. The number of halogens is 1. The molecule has 2 aromatic carbocycles. The van der Waals surface area contributed by atoms with E-state index in [4.69, 9.17) is 21.1 Å². The summed E-state index contributed by atoms with van der Waals surface area (Å²) in [6.07, 6.45) is 1.39. The minimum atomic E-state index is -1.10. The largest absolute Gasteiger partial charge is 0.494 e. The zero-order valence-electron chi connectivity index (χ0n) is 21.7. The van der Waals surface area contributed by atoms with Gasteiger partial charge in [0.05, 0.1) is 35.2 Å². The van der Waals surface area contributed by atoms with Gasteiger partial charge in [-0.2, -0.15) is 0 Å². The number of aromatic carboxylic acids is 1. The van der Waals surface area contributed by atoms with Gasteiger partial charge >= 0.3 is 12.0 Å². The second-order valence-corrected chi connectivity index (χ2v) is 8.99. The van der Waals surface area contributed by atoms with Gasteiger partial charge in [-0.3, -0.25) is 14.9 Å². The Hall–Kier alpha value is -4.57. The maximum Gasteiger partial charge on any atom is 0.336 e. The van der Waals surface area contributed by atoms with Crippen molar-refractivity contribution in [1.29, 1.82) is 0 Å². The van der Waals surface area contributed by atoms with E-state index in [2.05, 4.69) is 5.32 Å². The molecule has 11 heteroatoms. The highest BCUT2D eigenvalue weighted by atomic mass is 35.5. The Morgan fingerprint density at radius 1 is 1.00 bits per heavy atom. The summed E-state index contributed by atoms with van der Waals surface area (Å²) in [5.74, 6) is -2.11. The van der Waals surface area contributed by atoms with Crippen LogP contribution in [0, 0.1) is 13.8 Å². The topological polar surface area (TPSA) is 127 Å². The number of anilines is 1. The van der Waals surface area contributed by atoms with Crippen LogP contribution < -0.4 is 19.7 Å². The Balaban J connectivity index is 1.80. The lowest BCUT2D eigenvalue weighted by atomic mass is 10.1. The Morgan fingerprint density at radius 3 is 2.38 bits per heavy atom. The molecule has 0 atom stereocenters. The van der Waals surface area contributed by atoms with Crippen molar-refractivity contribution >= 4 is 47.2 Å². The van der Waals surface area contributed by atoms with E-state index in [1.807, 2.05) is 0 Å². The van der Waals surface area contributed by atoms with Crippen LogP contribution in [0.2, 0.25) is 5.02 Å². The number of benzene rings is 2. The average Bonchev–Trinajstić information content (AvgIpc) is 3.16. The first-order valence-electron chi connectivity index (χ1n) is 12.1. The lowest BCUT2D eigenvalue weighted by Crippen LogP contribution is -2.54. The van der Waals surface area contributed by atoms with Gasteiger partial charge in [-0.15, -0.1) is 0 Å². The Kier molecular flexibility index (Phi) is 7.78. The Morgan fingerprint density at radius 2 is 1.72 bits per heavy atom. The summed E-state index contributed by atoms with van der Waals surface area (Å²) in [4.78, 5) is 51.6. The number of carbonyl (C=O) groups is 4. The molecule has 1 aliphatic rings. The molecule has 4 amide bonds.